The van der Waals surface area contributed by atoms with Crippen LogP contribution in [0, 0.1) is 0 Å². The second-order valence-electron chi connectivity index (χ2n) is 6.30. The van der Waals surface area contributed by atoms with Crippen molar-refractivity contribution in [3.8, 4) is 0 Å². The highest BCUT2D eigenvalue weighted by molar-refractivity contribution is 7.99. The van der Waals surface area contributed by atoms with E-state index in [1.165, 1.54) is 29.5 Å². The van der Waals surface area contributed by atoms with Crippen LogP contribution in [0.15, 0.2) is 22.7 Å². The van der Waals surface area contributed by atoms with Crippen LogP contribution in [0.2, 0.25) is 0 Å². The molecule has 0 spiro atoms. The zero-order chi connectivity index (χ0) is 16.9. The first kappa shape index (κ1) is 17.5. The first-order valence-corrected chi connectivity index (χ1v) is 10.4. The first-order chi connectivity index (χ1) is 11.7. The van der Waals surface area contributed by atoms with Gasteiger partial charge in [0.05, 0.1) is 5.75 Å². The SMILES string of the molecule is CCC[C@H](C)NC(=O)CSc1nnc(Cc2cccs2)n1C1CC1. The molecular formula is C17H24N4OS2. The van der Waals surface area contributed by atoms with Gasteiger partial charge in [0, 0.05) is 23.4 Å². The van der Waals surface area contributed by atoms with E-state index in [2.05, 4.69) is 51.4 Å². The maximum Gasteiger partial charge on any atom is 0.230 e. The van der Waals surface area contributed by atoms with Gasteiger partial charge < -0.3 is 9.88 Å². The molecule has 1 N–H and O–H groups in total. The van der Waals surface area contributed by atoms with Gasteiger partial charge in [-0.05, 0) is 37.6 Å². The lowest BCUT2D eigenvalue weighted by molar-refractivity contribution is -0.119. The average Bonchev–Trinajstić information content (AvgIpc) is 3.10. The highest BCUT2D eigenvalue weighted by Crippen LogP contribution is 2.39. The summed E-state index contributed by atoms with van der Waals surface area (Å²) < 4.78 is 2.24. The van der Waals surface area contributed by atoms with Crippen LogP contribution < -0.4 is 5.32 Å². The normalized spacial score (nSPS) is 15.4. The molecule has 1 amide bonds. The lowest BCUT2D eigenvalue weighted by atomic mass is 10.2. The largest absolute Gasteiger partial charge is 0.353 e. The van der Waals surface area contributed by atoms with Crippen LogP contribution in [0.3, 0.4) is 0 Å². The Morgan fingerprint density at radius 3 is 3.00 bits per heavy atom. The van der Waals surface area contributed by atoms with E-state index in [-0.39, 0.29) is 11.9 Å². The molecule has 2 heterocycles. The van der Waals surface area contributed by atoms with Crippen molar-refractivity contribution in [1.29, 1.82) is 0 Å². The van der Waals surface area contributed by atoms with Gasteiger partial charge in [-0.15, -0.1) is 21.5 Å². The van der Waals surface area contributed by atoms with Crippen LogP contribution in [-0.2, 0) is 11.2 Å². The monoisotopic (exact) mass is 364 g/mol. The zero-order valence-corrected chi connectivity index (χ0v) is 15.8. The number of thioether (sulfide) groups is 1. The lowest BCUT2D eigenvalue weighted by Gasteiger charge is -2.12. The summed E-state index contributed by atoms with van der Waals surface area (Å²) in [5.41, 5.74) is 0. The Morgan fingerprint density at radius 1 is 1.50 bits per heavy atom. The number of rotatable bonds is 9. The second kappa shape index (κ2) is 8.16. The van der Waals surface area contributed by atoms with E-state index in [1.54, 1.807) is 11.3 Å². The summed E-state index contributed by atoms with van der Waals surface area (Å²) in [6.45, 7) is 4.18. The number of aromatic nitrogens is 3. The maximum absolute atomic E-state index is 12.1. The Balaban J connectivity index is 1.61. The first-order valence-electron chi connectivity index (χ1n) is 8.55. The van der Waals surface area contributed by atoms with Gasteiger partial charge in [0.2, 0.25) is 5.91 Å². The minimum Gasteiger partial charge on any atom is -0.353 e. The number of hydrogen-bond donors (Lipinski definition) is 1. The summed E-state index contributed by atoms with van der Waals surface area (Å²) in [4.78, 5) is 13.4. The molecular weight excluding hydrogens is 340 g/mol. The highest BCUT2D eigenvalue weighted by Gasteiger charge is 2.30. The predicted molar refractivity (Wildman–Crippen MR) is 98.7 cm³/mol. The van der Waals surface area contributed by atoms with Gasteiger partial charge in [-0.1, -0.05) is 31.2 Å². The van der Waals surface area contributed by atoms with Crippen LogP contribution in [-0.4, -0.2) is 32.5 Å². The molecule has 0 bridgehead atoms. The Kier molecular flexibility index (Phi) is 5.94. The van der Waals surface area contributed by atoms with Gasteiger partial charge in [-0.3, -0.25) is 4.79 Å². The smallest absolute Gasteiger partial charge is 0.230 e. The molecule has 1 saturated carbocycles. The Labute approximate surface area is 151 Å². The van der Waals surface area contributed by atoms with Crippen molar-refractivity contribution < 1.29 is 4.79 Å². The summed E-state index contributed by atoms with van der Waals surface area (Å²) >= 11 is 3.24. The molecule has 5 nitrogen and oxygen atoms in total. The fourth-order valence-corrected chi connectivity index (χ4v) is 4.28. The molecule has 0 saturated heterocycles. The minimum absolute atomic E-state index is 0.0751. The molecule has 0 radical (unpaired) electrons. The highest BCUT2D eigenvalue weighted by atomic mass is 32.2. The van der Waals surface area contributed by atoms with E-state index in [9.17, 15) is 4.79 Å². The van der Waals surface area contributed by atoms with Crippen LogP contribution >= 0.6 is 23.1 Å². The zero-order valence-electron chi connectivity index (χ0n) is 14.2. The van der Waals surface area contributed by atoms with Crippen molar-refractivity contribution in [2.24, 2.45) is 0 Å². The van der Waals surface area contributed by atoms with Crippen LogP contribution in [0.4, 0.5) is 0 Å². The van der Waals surface area contributed by atoms with Crippen molar-refractivity contribution in [2.45, 2.75) is 63.2 Å². The van der Waals surface area contributed by atoms with Gasteiger partial charge in [0.25, 0.3) is 0 Å². The Hall–Kier alpha value is -1.34. The van der Waals surface area contributed by atoms with Crippen LogP contribution in [0.25, 0.3) is 0 Å². The topological polar surface area (TPSA) is 59.8 Å². The molecule has 1 aliphatic carbocycles. The standard InChI is InChI=1S/C17H24N4OS2/c1-3-5-12(2)18-16(22)11-24-17-20-19-15(21(17)13-7-8-13)10-14-6-4-9-23-14/h4,6,9,12-13H,3,5,7-8,10-11H2,1-2H3,(H,18,22)/t12-/m0/s1. The summed E-state index contributed by atoms with van der Waals surface area (Å²) in [6, 6.07) is 4.94. The summed E-state index contributed by atoms with van der Waals surface area (Å²) in [7, 11) is 0. The molecule has 0 aromatic carbocycles. The molecule has 0 unspecified atom stereocenters. The van der Waals surface area contributed by atoms with Crippen molar-refractivity contribution in [1.82, 2.24) is 20.1 Å². The maximum atomic E-state index is 12.1. The number of hydrogen-bond acceptors (Lipinski definition) is 5. The van der Waals surface area contributed by atoms with Crippen molar-refractivity contribution in [3.05, 3.63) is 28.2 Å². The minimum atomic E-state index is 0.0751. The van der Waals surface area contributed by atoms with Crippen LogP contribution in [0.5, 0.6) is 0 Å². The van der Waals surface area contributed by atoms with Crippen LogP contribution in [0.1, 0.15) is 56.3 Å². The molecule has 1 atom stereocenters. The molecule has 7 heteroatoms. The number of carbonyl (C=O) groups is 1. The Bertz CT molecular complexity index is 664. The van der Waals surface area contributed by atoms with E-state index in [1.807, 2.05) is 0 Å². The summed E-state index contributed by atoms with van der Waals surface area (Å²) in [5, 5.41) is 14.7. The second-order valence-corrected chi connectivity index (χ2v) is 8.28. The van der Waals surface area contributed by atoms with Crippen molar-refractivity contribution in [3.63, 3.8) is 0 Å². The van der Waals surface area contributed by atoms with E-state index >= 15 is 0 Å². The number of amides is 1. The molecule has 0 aliphatic heterocycles. The molecule has 24 heavy (non-hydrogen) atoms. The van der Waals surface area contributed by atoms with Crippen molar-refractivity contribution in [2.75, 3.05) is 5.75 Å². The molecule has 3 rings (SSSR count). The number of nitrogens with one attached hydrogen (secondary N) is 1. The third-order valence-electron chi connectivity index (χ3n) is 4.02. The average molecular weight is 365 g/mol. The molecule has 2 aromatic heterocycles. The third kappa shape index (κ3) is 4.60. The molecule has 2 aromatic rings. The number of carbonyl (C=O) groups excluding carboxylic acids is 1. The van der Waals surface area contributed by atoms with E-state index in [4.69, 9.17) is 0 Å². The number of nitrogens with zero attached hydrogens (tertiary/aromatic N) is 3. The predicted octanol–water partition coefficient (Wildman–Crippen LogP) is 3.66. The third-order valence-corrected chi connectivity index (χ3v) is 5.84. The fraction of sp³-hybridized carbons (Fsp3) is 0.588. The van der Waals surface area contributed by atoms with E-state index in [0.29, 0.717) is 11.8 Å². The quantitative estimate of drug-likeness (QED) is 0.690. The lowest BCUT2D eigenvalue weighted by Crippen LogP contribution is -2.33. The molecule has 1 aliphatic rings. The van der Waals surface area contributed by atoms with Gasteiger partial charge >= 0.3 is 0 Å². The summed E-state index contributed by atoms with van der Waals surface area (Å²) in [6.07, 6.45) is 5.28. The van der Waals surface area contributed by atoms with Gasteiger partial charge in [0.1, 0.15) is 5.82 Å². The van der Waals surface area contributed by atoms with E-state index < -0.39 is 0 Å². The fourth-order valence-electron chi connectivity index (χ4n) is 2.75. The molecule has 1 fully saturated rings. The summed E-state index contributed by atoms with van der Waals surface area (Å²) in [5.74, 6) is 1.49. The van der Waals surface area contributed by atoms with Gasteiger partial charge in [-0.2, -0.15) is 0 Å². The van der Waals surface area contributed by atoms with E-state index in [0.717, 1.165) is 30.2 Å². The van der Waals surface area contributed by atoms with Crippen molar-refractivity contribution >= 4 is 29.0 Å². The van der Waals surface area contributed by atoms with Gasteiger partial charge in [0.15, 0.2) is 5.16 Å². The number of thiophene rings is 1. The molecule has 130 valence electrons. The Morgan fingerprint density at radius 2 is 2.33 bits per heavy atom. The van der Waals surface area contributed by atoms with Gasteiger partial charge in [-0.25, -0.2) is 0 Å².